The van der Waals surface area contributed by atoms with Crippen LogP contribution in [0.3, 0.4) is 0 Å². The third kappa shape index (κ3) is 4.13. The maximum absolute atomic E-state index is 5.66. The number of nitrogens with one attached hydrogen (secondary N) is 1. The maximum Gasteiger partial charge on any atom is 0.157 e. The van der Waals surface area contributed by atoms with Crippen molar-refractivity contribution in [1.29, 1.82) is 0 Å². The highest BCUT2D eigenvalue weighted by Crippen LogP contribution is 2.15. The molecule has 20 heavy (non-hydrogen) atoms. The van der Waals surface area contributed by atoms with E-state index in [1.807, 2.05) is 16.9 Å². The van der Waals surface area contributed by atoms with E-state index in [0.29, 0.717) is 12.6 Å². The maximum atomic E-state index is 5.66. The highest BCUT2D eigenvalue weighted by Gasteiger charge is 2.05. The molecule has 0 aromatic carbocycles. The third-order valence-corrected chi connectivity index (χ3v) is 2.95. The molecule has 5 heteroatoms. The van der Waals surface area contributed by atoms with Gasteiger partial charge in [-0.05, 0) is 32.9 Å². The van der Waals surface area contributed by atoms with Gasteiger partial charge in [0.05, 0.1) is 18.7 Å². The molecular weight excluding hydrogens is 254 g/mol. The van der Waals surface area contributed by atoms with Gasteiger partial charge in [0.15, 0.2) is 5.75 Å². The number of ether oxygens (including phenoxy) is 1. The Morgan fingerprint density at radius 1 is 1.45 bits per heavy atom. The summed E-state index contributed by atoms with van der Waals surface area (Å²) in [6.45, 7) is 8.60. The summed E-state index contributed by atoms with van der Waals surface area (Å²) in [6.07, 6.45) is 6.54. The van der Waals surface area contributed by atoms with Crippen LogP contribution in [0.5, 0.6) is 5.75 Å². The van der Waals surface area contributed by atoms with E-state index >= 15 is 0 Å². The van der Waals surface area contributed by atoms with E-state index in [4.69, 9.17) is 9.15 Å². The molecule has 0 spiro atoms. The van der Waals surface area contributed by atoms with Crippen LogP contribution in [0.4, 0.5) is 0 Å². The van der Waals surface area contributed by atoms with E-state index in [1.165, 1.54) is 0 Å². The fourth-order valence-corrected chi connectivity index (χ4v) is 1.84. The minimum atomic E-state index is 0.340. The van der Waals surface area contributed by atoms with E-state index in [2.05, 4.69) is 31.2 Å². The fourth-order valence-electron chi connectivity index (χ4n) is 1.84. The number of aromatic nitrogens is 2. The smallest absolute Gasteiger partial charge is 0.157 e. The lowest BCUT2D eigenvalue weighted by atomic mass is 10.3. The summed E-state index contributed by atoms with van der Waals surface area (Å²) < 4.78 is 13.0. The molecule has 0 bridgehead atoms. The Morgan fingerprint density at radius 3 is 3.00 bits per heavy atom. The molecule has 5 nitrogen and oxygen atoms in total. The van der Waals surface area contributed by atoms with Crippen LogP contribution in [-0.4, -0.2) is 16.3 Å². The molecule has 0 unspecified atom stereocenters. The van der Waals surface area contributed by atoms with Crippen LogP contribution >= 0.6 is 0 Å². The third-order valence-electron chi connectivity index (χ3n) is 2.95. The van der Waals surface area contributed by atoms with Crippen LogP contribution in [0.2, 0.25) is 0 Å². The van der Waals surface area contributed by atoms with Crippen molar-refractivity contribution < 1.29 is 9.15 Å². The standard InChI is InChI=1S/C15H23N3O2/c1-4-5-16-7-13-6-14(19-10-13)11-20-15-8-17-18(9-15)12(2)3/h6,8-10,12,16H,4-5,7,11H2,1-3H3. The zero-order chi connectivity index (χ0) is 14.4. The molecule has 2 aromatic rings. The van der Waals surface area contributed by atoms with Crippen LogP contribution < -0.4 is 10.1 Å². The van der Waals surface area contributed by atoms with Gasteiger partial charge in [-0.3, -0.25) is 4.68 Å². The van der Waals surface area contributed by atoms with Crippen molar-refractivity contribution in [2.75, 3.05) is 6.54 Å². The summed E-state index contributed by atoms with van der Waals surface area (Å²) in [7, 11) is 0. The zero-order valence-corrected chi connectivity index (χ0v) is 12.4. The quantitative estimate of drug-likeness (QED) is 0.753. The second-order valence-corrected chi connectivity index (χ2v) is 5.14. The van der Waals surface area contributed by atoms with Gasteiger partial charge in [0.1, 0.15) is 12.4 Å². The number of rotatable bonds is 8. The molecule has 0 fully saturated rings. The summed E-state index contributed by atoms with van der Waals surface area (Å²) in [5.41, 5.74) is 1.15. The van der Waals surface area contributed by atoms with E-state index in [-0.39, 0.29) is 0 Å². The van der Waals surface area contributed by atoms with Crippen molar-refractivity contribution in [3.05, 3.63) is 36.0 Å². The molecule has 2 heterocycles. The van der Waals surface area contributed by atoms with E-state index in [1.54, 1.807) is 12.5 Å². The summed E-state index contributed by atoms with van der Waals surface area (Å²) in [4.78, 5) is 0. The van der Waals surface area contributed by atoms with Crippen molar-refractivity contribution in [3.63, 3.8) is 0 Å². The number of nitrogens with zero attached hydrogens (tertiary/aromatic N) is 2. The molecule has 0 atom stereocenters. The number of hydrogen-bond acceptors (Lipinski definition) is 4. The Hall–Kier alpha value is -1.75. The zero-order valence-electron chi connectivity index (χ0n) is 12.4. The van der Waals surface area contributed by atoms with E-state index in [0.717, 1.165) is 36.6 Å². The molecule has 1 N–H and O–H groups in total. The van der Waals surface area contributed by atoms with Crippen LogP contribution in [0.15, 0.2) is 29.1 Å². The lowest BCUT2D eigenvalue weighted by molar-refractivity contribution is 0.270. The molecule has 0 saturated carbocycles. The molecule has 0 radical (unpaired) electrons. The predicted molar refractivity (Wildman–Crippen MR) is 77.6 cm³/mol. The Morgan fingerprint density at radius 2 is 2.30 bits per heavy atom. The van der Waals surface area contributed by atoms with Crippen molar-refractivity contribution in [1.82, 2.24) is 15.1 Å². The molecular formula is C15H23N3O2. The first-order valence-corrected chi connectivity index (χ1v) is 7.13. The number of hydrogen-bond donors (Lipinski definition) is 1. The molecule has 2 rings (SSSR count). The van der Waals surface area contributed by atoms with Crippen LogP contribution in [-0.2, 0) is 13.2 Å². The van der Waals surface area contributed by atoms with Crippen molar-refractivity contribution in [3.8, 4) is 5.75 Å². The van der Waals surface area contributed by atoms with Gasteiger partial charge >= 0.3 is 0 Å². The lowest BCUT2D eigenvalue weighted by Crippen LogP contribution is -2.13. The lowest BCUT2D eigenvalue weighted by Gasteiger charge is -2.03. The topological polar surface area (TPSA) is 52.2 Å². The van der Waals surface area contributed by atoms with Gasteiger partial charge in [0.25, 0.3) is 0 Å². The van der Waals surface area contributed by atoms with Gasteiger partial charge in [0.2, 0.25) is 0 Å². The second kappa shape index (κ2) is 7.14. The molecule has 0 aliphatic heterocycles. The molecule has 0 amide bonds. The summed E-state index contributed by atoms with van der Waals surface area (Å²) in [5, 5.41) is 7.57. The highest BCUT2D eigenvalue weighted by molar-refractivity contribution is 5.15. The van der Waals surface area contributed by atoms with Gasteiger partial charge in [-0.2, -0.15) is 5.10 Å². The minimum Gasteiger partial charge on any atom is -0.482 e. The Balaban J connectivity index is 1.81. The largest absolute Gasteiger partial charge is 0.482 e. The van der Waals surface area contributed by atoms with Crippen LogP contribution in [0.1, 0.15) is 44.6 Å². The molecule has 0 aliphatic carbocycles. The highest BCUT2D eigenvalue weighted by atomic mass is 16.5. The Labute approximate surface area is 119 Å². The van der Waals surface area contributed by atoms with Gasteiger partial charge in [0, 0.05) is 18.2 Å². The summed E-state index contributed by atoms with van der Waals surface area (Å²) >= 11 is 0. The van der Waals surface area contributed by atoms with E-state index in [9.17, 15) is 0 Å². The second-order valence-electron chi connectivity index (χ2n) is 5.14. The van der Waals surface area contributed by atoms with Crippen molar-refractivity contribution >= 4 is 0 Å². The van der Waals surface area contributed by atoms with Gasteiger partial charge in [-0.25, -0.2) is 0 Å². The average Bonchev–Trinajstić information content (AvgIpc) is 3.05. The Bertz CT molecular complexity index is 517. The summed E-state index contributed by atoms with van der Waals surface area (Å²) in [6, 6.07) is 2.36. The number of furan rings is 1. The monoisotopic (exact) mass is 277 g/mol. The normalized spacial score (nSPS) is 11.2. The first kappa shape index (κ1) is 14.7. The first-order chi connectivity index (χ1) is 9.69. The van der Waals surface area contributed by atoms with Crippen molar-refractivity contribution in [2.45, 2.75) is 46.4 Å². The molecule has 0 saturated heterocycles. The van der Waals surface area contributed by atoms with E-state index < -0.39 is 0 Å². The average molecular weight is 277 g/mol. The first-order valence-electron chi connectivity index (χ1n) is 7.13. The van der Waals surface area contributed by atoms with Crippen molar-refractivity contribution in [2.24, 2.45) is 0 Å². The van der Waals surface area contributed by atoms with Gasteiger partial charge in [-0.15, -0.1) is 0 Å². The SMILES string of the molecule is CCCNCc1coc(COc2cnn(C(C)C)c2)c1. The Kier molecular flexibility index (Phi) is 5.24. The molecule has 2 aromatic heterocycles. The predicted octanol–water partition coefficient (Wildman–Crippen LogP) is 3.14. The van der Waals surface area contributed by atoms with Crippen LogP contribution in [0, 0.1) is 0 Å². The fraction of sp³-hybridized carbons (Fsp3) is 0.533. The molecule has 110 valence electrons. The molecule has 0 aliphatic rings. The minimum absolute atomic E-state index is 0.340. The van der Waals surface area contributed by atoms with Gasteiger partial charge in [-0.1, -0.05) is 6.92 Å². The van der Waals surface area contributed by atoms with Gasteiger partial charge < -0.3 is 14.5 Å². The van der Waals surface area contributed by atoms with Crippen LogP contribution in [0.25, 0.3) is 0 Å². The summed E-state index contributed by atoms with van der Waals surface area (Å²) in [5.74, 6) is 1.59.